The summed E-state index contributed by atoms with van der Waals surface area (Å²) in [6.07, 6.45) is 0. The average molecular weight is 666 g/mol. The van der Waals surface area contributed by atoms with Crippen molar-refractivity contribution in [1.82, 2.24) is 19.5 Å². The van der Waals surface area contributed by atoms with Crippen LogP contribution in [-0.4, -0.2) is 19.5 Å². The molecule has 7 aromatic carbocycles. The van der Waals surface area contributed by atoms with Gasteiger partial charge in [0.25, 0.3) is 0 Å². The second-order valence-electron chi connectivity index (χ2n) is 12.8. The number of hydrogen-bond donors (Lipinski definition) is 0. The molecular formula is C46H27N5O. The smallest absolute Gasteiger partial charge is 0.238 e. The zero-order valence-corrected chi connectivity index (χ0v) is 27.7. The van der Waals surface area contributed by atoms with Gasteiger partial charge in [0.2, 0.25) is 5.95 Å². The molecule has 0 N–H and O–H groups in total. The summed E-state index contributed by atoms with van der Waals surface area (Å²) >= 11 is 0. The Balaban J connectivity index is 1.18. The Kier molecular flexibility index (Phi) is 6.76. The molecule has 242 valence electrons. The van der Waals surface area contributed by atoms with Crippen molar-refractivity contribution in [3.63, 3.8) is 0 Å². The van der Waals surface area contributed by atoms with E-state index in [1.54, 1.807) is 0 Å². The number of fused-ring (bicyclic) bond motifs is 6. The summed E-state index contributed by atoms with van der Waals surface area (Å²) in [5.74, 6) is 1.66. The topological polar surface area (TPSA) is 80.5 Å². The lowest BCUT2D eigenvalue weighted by molar-refractivity contribution is 0.669. The van der Waals surface area contributed by atoms with Crippen LogP contribution in [0.3, 0.4) is 0 Å². The van der Waals surface area contributed by atoms with Gasteiger partial charge in [0, 0.05) is 32.7 Å². The lowest BCUT2D eigenvalue weighted by atomic mass is 9.98. The van der Waals surface area contributed by atoms with E-state index in [1.807, 2.05) is 84.9 Å². The number of para-hydroxylation sites is 1. The van der Waals surface area contributed by atoms with Gasteiger partial charge in [-0.2, -0.15) is 15.2 Å². The maximum atomic E-state index is 9.54. The van der Waals surface area contributed by atoms with Crippen LogP contribution in [0.1, 0.15) is 5.56 Å². The van der Waals surface area contributed by atoms with Gasteiger partial charge < -0.3 is 4.42 Å². The van der Waals surface area contributed by atoms with Crippen molar-refractivity contribution in [3.05, 3.63) is 169 Å². The molecule has 6 heteroatoms. The monoisotopic (exact) mass is 665 g/mol. The molecule has 0 bridgehead atoms. The normalized spacial score (nSPS) is 11.4. The van der Waals surface area contributed by atoms with E-state index < -0.39 is 0 Å². The molecule has 0 radical (unpaired) electrons. The SMILES string of the molecule is N#Cc1cccc(-c2cccc3oc4cc(-c5nc(-c6ccccc6)nc(-n6c7ccccc7c7cc(-c8ccccc8)ccc76)n5)ccc4c23)c1. The quantitative estimate of drug-likeness (QED) is 0.183. The van der Waals surface area contributed by atoms with Crippen molar-refractivity contribution < 1.29 is 4.42 Å². The van der Waals surface area contributed by atoms with Crippen LogP contribution in [0, 0.1) is 11.3 Å². The predicted octanol–water partition coefficient (Wildman–Crippen LogP) is 11.4. The van der Waals surface area contributed by atoms with Gasteiger partial charge in [0.1, 0.15) is 11.2 Å². The Morgan fingerprint density at radius 3 is 1.98 bits per heavy atom. The Hall–Kier alpha value is -7.36. The van der Waals surface area contributed by atoms with Gasteiger partial charge in [-0.1, -0.05) is 115 Å². The van der Waals surface area contributed by atoms with Crippen LogP contribution in [0.15, 0.2) is 168 Å². The molecule has 0 unspecified atom stereocenters. The summed E-state index contributed by atoms with van der Waals surface area (Å²) < 4.78 is 8.61. The molecule has 0 saturated carbocycles. The number of benzene rings is 7. The van der Waals surface area contributed by atoms with Gasteiger partial charge >= 0.3 is 0 Å². The van der Waals surface area contributed by atoms with E-state index in [9.17, 15) is 5.26 Å². The number of furan rings is 1. The molecule has 52 heavy (non-hydrogen) atoms. The number of hydrogen-bond acceptors (Lipinski definition) is 5. The maximum Gasteiger partial charge on any atom is 0.238 e. The molecule has 0 atom stereocenters. The number of nitriles is 1. The molecule has 6 nitrogen and oxygen atoms in total. The van der Waals surface area contributed by atoms with Crippen molar-refractivity contribution in [1.29, 1.82) is 5.26 Å². The number of nitrogens with zero attached hydrogens (tertiary/aromatic N) is 5. The molecule has 0 aliphatic carbocycles. The van der Waals surface area contributed by atoms with E-state index in [-0.39, 0.29) is 0 Å². The van der Waals surface area contributed by atoms with Crippen LogP contribution < -0.4 is 0 Å². The summed E-state index contributed by atoms with van der Waals surface area (Å²) in [6, 6.07) is 57.5. The van der Waals surface area contributed by atoms with Crippen molar-refractivity contribution in [2.45, 2.75) is 0 Å². The molecular weight excluding hydrogens is 639 g/mol. The molecule has 0 amide bonds. The third kappa shape index (κ3) is 4.84. The van der Waals surface area contributed by atoms with Gasteiger partial charge in [0.15, 0.2) is 11.6 Å². The van der Waals surface area contributed by atoms with Crippen LogP contribution in [-0.2, 0) is 0 Å². The molecule has 0 aliphatic rings. The average Bonchev–Trinajstić information content (AvgIpc) is 3.76. The summed E-state index contributed by atoms with van der Waals surface area (Å²) in [5.41, 5.74) is 10.1. The van der Waals surface area contributed by atoms with Crippen LogP contribution in [0.2, 0.25) is 0 Å². The maximum absolute atomic E-state index is 9.54. The fourth-order valence-corrected chi connectivity index (χ4v) is 7.27. The van der Waals surface area contributed by atoms with Gasteiger partial charge in [-0.3, -0.25) is 4.57 Å². The molecule has 0 spiro atoms. The van der Waals surface area contributed by atoms with Crippen molar-refractivity contribution in [2.75, 3.05) is 0 Å². The van der Waals surface area contributed by atoms with E-state index in [0.29, 0.717) is 23.2 Å². The van der Waals surface area contributed by atoms with E-state index in [4.69, 9.17) is 19.4 Å². The minimum absolute atomic E-state index is 0.534. The third-order valence-electron chi connectivity index (χ3n) is 9.69. The summed E-state index contributed by atoms with van der Waals surface area (Å²) in [6.45, 7) is 0. The van der Waals surface area contributed by atoms with Crippen molar-refractivity contribution >= 4 is 43.7 Å². The Labute approximate surface area is 298 Å². The first kappa shape index (κ1) is 29.5. The minimum Gasteiger partial charge on any atom is -0.456 e. The van der Waals surface area contributed by atoms with E-state index >= 15 is 0 Å². The zero-order chi connectivity index (χ0) is 34.6. The highest BCUT2D eigenvalue weighted by Crippen LogP contribution is 2.39. The predicted molar refractivity (Wildman–Crippen MR) is 208 cm³/mol. The van der Waals surface area contributed by atoms with E-state index in [1.165, 1.54) is 5.56 Å². The molecule has 10 rings (SSSR count). The largest absolute Gasteiger partial charge is 0.456 e. The van der Waals surface area contributed by atoms with Crippen LogP contribution in [0.4, 0.5) is 0 Å². The second-order valence-corrected chi connectivity index (χ2v) is 12.8. The Morgan fingerprint density at radius 1 is 0.462 bits per heavy atom. The standard InChI is InChI=1S/C46H27N5O/c47-28-29-11-9-16-33(25-29)35-18-10-20-41-43(35)37-23-21-34(27-42(37)52-41)45-48-44(31-14-5-2-6-15-31)49-46(50-45)51-39-19-8-7-17-36(39)38-26-32(22-24-40(38)51)30-12-3-1-4-13-30/h1-27H. The van der Waals surface area contributed by atoms with Gasteiger partial charge in [0.05, 0.1) is 22.7 Å². The van der Waals surface area contributed by atoms with Crippen molar-refractivity contribution in [2.24, 2.45) is 0 Å². The fourth-order valence-electron chi connectivity index (χ4n) is 7.27. The first-order valence-electron chi connectivity index (χ1n) is 17.1. The Morgan fingerprint density at radius 2 is 1.15 bits per heavy atom. The molecule has 10 aromatic rings. The summed E-state index contributed by atoms with van der Waals surface area (Å²) in [7, 11) is 0. The van der Waals surface area contributed by atoms with E-state index in [0.717, 1.165) is 71.6 Å². The van der Waals surface area contributed by atoms with Gasteiger partial charge in [-0.25, -0.2) is 4.98 Å². The number of aromatic nitrogens is 4. The molecule has 0 aliphatic heterocycles. The summed E-state index contributed by atoms with van der Waals surface area (Å²) in [4.78, 5) is 15.3. The van der Waals surface area contributed by atoms with Crippen LogP contribution in [0.5, 0.6) is 0 Å². The Bertz CT molecular complexity index is 3030. The fraction of sp³-hybridized carbons (Fsp3) is 0. The van der Waals surface area contributed by atoms with Crippen LogP contribution in [0.25, 0.3) is 94.7 Å². The lowest BCUT2D eigenvalue weighted by Crippen LogP contribution is -2.06. The lowest BCUT2D eigenvalue weighted by Gasteiger charge is -2.11. The summed E-state index contributed by atoms with van der Waals surface area (Å²) in [5, 5.41) is 13.8. The first-order chi connectivity index (χ1) is 25.7. The first-order valence-corrected chi connectivity index (χ1v) is 17.1. The van der Waals surface area contributed by atoms with Crippen LogP contribution >= 0.6 is 0 Å². The zero-order valence-electron chi connectivity index (χ0n) is 27.7. The molecule has 0 fully saturated rings. The number of rotatable bonds is 5. The highest BCUT2D eigenvalue weighted by Gasteiger charge is 2.20. The molecule has 3 heterocycles. The van der Waals surface area contributed by atoms with E-state index in [2.05, 4.69) is 89.5 Å². The molecule has 0 saturated heterocycles. The van der Waals surface area contributed by atoms with Gasteiger partial charge in [-0.15, -0.1) is 0 Å². The third-order valence-corrected chi connectivity index (χ3v) is 9.69. The minimum atomic E-state index is 0.534. The highest BCUT2D eigenvalue weighted by molar-refractivity contribution is 6.13. The van der Waals surface area contributed by atoms with Gasteiger partial charge in [-0.05, 0) is 70.8 Å². The second kappa shape index (κ2) is 11.9. The highest BCUT2D eigenvalue weighted by atomic mass is 16.3. The van der Waals surface area contributed by atoms with Crippen molar-refractivity contribution in [3.8, 4) is 57.0 Å². The molecule has 3 aromatic heterocycles.